The first-order valence-electron chi connectivity index (χ1n) is 5.15. The minimum Gasteiger partial charge on any atom is -0.323 e. The Labute approximate surface area is 119 Å². The van der Waals surface area contributed by atoms with Crippen molar-refractivity contribution in [2.75, 3.05) is 0 Å². The smallest absolute Gasteiger partial charge is 0.323 e. The van der Waals surface area contributed by atoms with Gasteiger partial charge in [0, 0.05) is 10.5 Å². The van der Waals surface area contributed by atoms with Crippen molar-refractivity contribution in [1.82, 2.24) is 0 Å². The topological polar surface area (TPSA) is 26.0 Å². The van der Waals surface area contributed by atoms with E-state index in [0.29, 0.717) is 10.0 Å². The highest BCUT2D eigenvalue weighted by Crippen LogP contribution is 2.38. The maximum Gasteiger partial charge on any atom is 0.416 e. The van der Waals surface area contributed by atoms with Gasteiger partial charge in [-0.2, -0.15) is 13.2 Å². The molecule has 0 aromatic heterocycles. The zero-order valence-corrected chi connectivity index (χ0v) is 12.7. The number of benzene rings is 1. The van der Waals surface area contributed by atoms with Gasteiger partial charge in [0.2, 0.25) is 0 Å². The third-order valence-electron chi connectivity index (χ3n) is 2.59. The van der Waals surface area contributed by atoms with Gasteiger partial charge < -0.3 is 5.73 Å². The predicted molar refractivity (Wildman–Crippen MR) is 72.8 cm³/mol. The molecule has 1 aromatic rings. The molecule has 18 heavy (non-hydrogen) atoms. The Morgan fingerprint density at radius 2 is 1.67 bits per heavy atom. The lowest BCUT2D eigenvalue weighted by Gasteiger charge is -2.28. The van der Waals surface area contributed by atoms with Crippen LogP contribution in [0.25, 0.3) is 0 Å². The van der Waals surface area contributed by atoms with Gasteiger partial charge >= 0.3 is 6.18 Å². The Morgan fingerprint density at radius 3 is 2.06 bits per heavy atom. The zero-order valence-electron chi connectivity index (χ0n) is 10.3. The highest BCUT2D eigenvalue weighted by molar-refractivity contribution is 9.10. The lowest BCUT2D eigenvalue weighted by Crippen LogP contribution is -2.27. The van der Waals surface area contributed by atoms with E-state index in [0.717, 1.165) is 12.1 Å². The van der Waals surface area contributed by atoms with E-state index in [9.17, 15) is 13.2 Å². The van der Waals surface area contributed by atoms with Gasteiger partial charge in [-0.25, -0.2) is 0 Å². The lowest BCUT2D eigenvalue weighted by molar-refractivity contribution is -0.137. The van der Waals surface area contributed by atoms with Crippen molar-refractivity contribution < 1.29 is 13.2 Å². The van der Waals surface area contributed by atoms with Crippen LogP contribution in [0.15, 0.2) is 22.7 Å². The molecule has 0 aliphatic carbocycles. The molecule has 0 fully saturated rings. The zero-order chi connectivity index (χ0) is 13.4. The molecule has 0 spiro atoms. The fourth-order valence-electron chi connectivity index (χ4n) is 1.42. The number of alkyl halides is 3. The molecule has 0 radical (unpaired) electrons. The predicted octanol–water partition coefficient (Wildman–Crippen LogP) is 4.94. The molecule has 104 valence electrons. The maximum atomic E-state index is 12.6. The van der Waals surface area contributed by atoms with Crippen LogP contribution >= 0.6 is 28.3 Å². The summed E-state index contributed by atoms with van der Waals surface area (Å²) in [5.41, 5.74) is 5.50. The average molecular weight is 347 g/mol. The summed E-state index contributed by atoms with van der Waals surface area (Å²) in [6, 6.07) is 3.09. The van der Waals surface area contributed by atoms with Gasteiger partial charge in [0.25, 0.3) is 0 Å². The fourth-order valence-corrected chi connectivity index (χ4v) is 1.92. The van der Waals surface area contributed by atoms with Crippen LogP contribution in [-0.4, -0.2) is 0 Å². The van der Waals surface area contributed by atoms with Crippen molar-refractivity contribution in [2.45, 2.75) is 33.0 Å². The van der Waals surface area contributed by atoms with Gasteiger partial charge in [-0.3, -0.25) is 0 Å². The standard InChI is InChI=1S/C12H15BrF3N.ClH/c1-11(2,3)10(17)8-6-7(12(14,15)16)4-5-9(8)13;/h4-6,10H,17H2,1-3H3;1H/t10-;/m1./s1. The molecule has 2 N–H and O–H groups in total. The van der Waals surface area contributed by atoms with Crippen molar-refractivity contribution in [3.63, 3.8) is 0 Å². The van der Waals surface area contributed by atoms with Crippen LogP contribution in [0.2, 0.25) is 0 Å². The Balaban J connectivity index is 0.00000289. The molecule has 0 saturated heterocycles. The normalized spacial score (nSPS) is 14.0. The van der Waals surface area contributed by atoms with E-state index < -0.39 is 17.8 Å². The minimum atomic E-state index is -4.34. The van der Waals surface area contributed by atoms with Gasteiger partial charge in [-0.15, -0.1) is 12.4 Å². The van der Waals surface area contributed by atoms with Gasteiger partial charge in [0.15, 0.2) is 0 Å². The van der Waals surface area contributed by atoms with E-state index in [-0.39, 0.29) is 17.8 Å². The average Bonchev–Trinajstić information content (AvgIpc) is 2.14. The van der Waals surface area contributed by atoms with Gasteiger partial charge in [-0.05, 0) is 29.2 Å². The van der Waals surface area contributed by atoms with Gasteiger partial charge in [-0.1, -0.05) is 36.7 Å². The van der Waals surface area contributed by atoms with Crippen molar-refractivity contribution >= 4 is 28.3 Å². The summed E-state index contributed by atoms with van der Waals surface area (Å²) >= 11 is 3.24. The molecule has 1 atom stereocenters. The molecule has 0 saturated carbocycles. The number of rotatable bonds is 1. The van der Waals surface area contributed by atoms with E-state index in [1.807, 2.05) is 20.8 Å². The molecule has 1 aromatic carbocycles. The summed E-state index contributed by atoms with van der Waals surface area (Å²) in [7, 11) is 0. The third-order valence-corrected chi connectivity index (χ3v) is 3.31. The molecular weight excluding hydrogens is 330 g/mol. The van der Waals surface area contributed by atoms with Crippen molar-refractivity contribution in [2.24, 2.45) is 11.1 Å². The fraction of sp³-hybridized carbons (Fsp3) is 0.500. The Hall–Kier alpha value is -0.260. The van der Waals surface area contributed by atoms with Crippen LogP contribution < -0.4 is 5.73 Å². The van der Waals surface area contributed by atoms with Crippen LogP contribution in [0, 0.1) is 5.41 Å². The third kappa shape index (κ3) is 4.14. The van der Waals surface area contributed by atoms with Crippen molar-refractivity contribution in [3.8, 4) is 0 Å². The van der Waals surface area contributed by atoms with Crippen LogP contribution in [0.3, 0.4) is 0 Å². The van der Waals surface area contributed by atoms with E-state index in [1.54, 1.807) is 0 Å². The second kappa shape index (κ2) is 5.80. The molecule has 0 amide bonds. The molecule has 6 heteroatoms. The first-order chi connectivity index (χ1) is 7.53. The lowest BCUT2D eigenvalue weighted by atomic mass is 9.82. The molecule has 1 nitrogen and oxygen atoms in total. The summed E-state index contributed by atoms with van der Waals surface area (Å²) in [4.78, 5) is 0. The van der Waals surface area contributed by atoms with E-state index in [4.69, 9.17) is 5.73 Å². The molecular formula is C12H16BrClF3N. The van der Waals surface area contributed by atoms with Crippen LogP contribution in [0.1, 0.15) is 37.9 Å². The molecule has 0 aliphatic heterocycles. The SMILES string of the molecule is CC(C)(C)[C@H](N)c1cc(C(F)(F)F)ccc1Br.Cl. The summed E-state index contributed by atoms with van der Waals surface area (Å²) in [5.74, 6) is 0. The number of halogens is 5. The second-order valence-corrected chi connectivity index (χ2v) is 5.93. The van der Waals surface area contributed by atoms with E-state index in [1.165, 1.54) is 6.07 Å². The first kappa shape index (κ1) is 17.7. The van der Waals surface area contributed by atoms with Gasteiger partial charge in [0.05, 0.1) is 5.56 Å². The second-order valence-electron chi connectivity index (χ2n) is 5.08. The Morgan fingerprint density at radius 1 is 1.17 bits per heavy atom. The van der Waals surface area contributed by atoms with Crippen LogP contribution in [-0.2, 0) is 6.18 Å². The molecule has 0 unspecified atom stereocenters. The summed E-state index contributed by atoms with van der Waals surface area (Å²) in [6.45, 7) is 5.68. The highest BCUT2D eigenvalue weighted by Gasteiger charge is 2.32. The largest absolute Gasteiger partial charge is 0.416 e. The van der Waals surface area contributed by atoms with Crippen molar-refractivity contribution in [1.29, 1.82) is 0 Å². The monoisotopic (exact) mass is 345 g/mol. The molecule has 1 rings (SSSR count). The maximum absolute atomic E-state index is 12.6. The van der Waals surface area contributed by atoms with Gasteiger partial charge in [0.1, 0.15) is 0 Å². The highest BCUT2D eigenvalue weighted by atomic mass is 79.9. The number of hydrogen-bond donors (Lipinski definition) is 1. The summed E-state index contributed by atoms with van der Waals surface area (Å²) < 4.78 is 38.4. The Kier molecular flexibility index (Phi) is 5.72. The minimum absolute atomic E-state index is 0. The summed E-state index contributed by atoms with van der Waals surface area (Å²) in [5, 5.41) is 0. The molecule has 0 aliphatic rings. The quantitative estimate of drug-likeness (QED) is 0.766. The first-order valence-corrected chi connectivity index (χ1v) is 5.95. The number of hydrogen-bond acceptors (Lipinski definition) is 1. The molecule has 0 bridgehead atoms. The van der Waals surface area contributed by atoms with E-state index in [2.05, 4.69) is 15.9 Å². The van der Waals surface area contributed by atoms with Crippen LogP contribution in [0.5, 0.6) is 0 Å². The van der Waals surface area contributed by atoms with E-state index >= 15 is 0 Å². The summed E-state index contributed by atoms with van der Waals surface area (Å²) in [6.07, 6.45) is -4.34. The number of nitrogens with two attached hydrogens (primary N) is 1. The Bertz CT molecular complexity index is 413. The van der Waals surface area contributed by atoms with Crippen LogP contribution in [0.4, 0.5) is 13.2 Å². The molecule has 0 heterocycles. The van der Waals surface area contributed by atoms with Crippen molar-refractivity contribution in [3.05, 3.63) is 33.8 Å².